The number of nitrogens with zero attached hydrogens (tertiary/aromatic N) is 3. The fraction of sp³-hybridized carbons (Fsp3) is 0.545. The summed E-state index contributed by atoms with van der Waals surface area (Å²) in [6.07, 6.45) is 0. The van der Waals surface area contributed by atoms with Crippen LogP contribution in [0.1, 0.15) is 13.8 Å². The summed E-state index contributed by atoms with van der Waals surface area (Å²) in [4.78, 5) is 16.4. The molecule has 0 saturated heterocycles. The van der Waals surface area contributed by atoms with Crippen molar-refractivity contribution in [2.75, 3.05) is 31.2 Å². The molecule has 1 aromatic heterocycles. The van der Waals surface area contributed by atoms with Gasteiger partial charge >= 0.3 is 5.69 Å². The van der Waals surface area contributed by atoms with Crippen LogP contribution >= 0.6 is 0 Å². The Balaban J connectivity index is 2.66. The number of rotatable bonds is 6. The second-order valence-corrected chi connectivity index (χ2v) is 4.36. The van der Waals surface area contributed by atoms with E-state index in [4.69, 9.17) is 5.73 Å². The van der Waals surface area contributed by atoms with Gasteiger partial charge in [-0.05, 0) is 27.0 Å². The first-order chi connectivity index (χ1) is 8.41. The lowest BCUT2D eigenvalue weighted by Crippen LogP contribution is -2.31. The van der Waals surface area contributed by atoms with Gasteiger partial charge in [-0.2, -0.15) is 0 Å². The molecule has 1 heterocycles. The normalized spacial score (nSPS) is 10.9. The third kappa shape index (κ3) is 3.85. The second kappa shape index (κ2) is 6.15. The molecule has 7 nitrogen and oxygen atoms in total. The number of nitro groups is 1. The van der Waals surface area contributed by atoms with Crippen LogP contribution in [0.3, 0.4) is 0 Å². The minimum absolute atomic E-state index is 0.0589. The lowest BCUT2D eigenvalue weighted by atomic mass is 10.3. The minimum atomic E-state index is -0.471. The molecule has 3 N–H and O–H groups in total. The summed E-state index contributed by atoms with van der Waals surface area (Å²) in [7, 11) is 1.99. The van der Waals surface area contributed by atoms with Crippen molar-refractivity contribution >= 4 is 17.3 Å². The quantitative estimate of drug-likeness (QED) is 0.586. The van der Waals surface area contributed by atoms with E-state index in [1.807, 2.05) is 7.05 Å². The molecule has 0 aliphatic rings. The van der Waals surface area contributed by atoms with Crippen molar-refractivity contribution in [3.63, 3.8) is 0 Å². The van der Waals surface area contributed by atoms with Gasteiger partial charge in [-0.1, -0.05) is 0 Å². The summed E-state index contributed by atoms with van der Waals surface area (Å²) in [6, 6.07) is 3.20. The Morgan fingerprint density at radius 3 is 2.78 bits per heavy atom. The number of aromatic nitrogens is 1. The molecule has 7 heteroatoms. The molecular weight excluding hydrogens is 234 g/mol. The smallest absolute Gasteiger partial charge is 0.311 e. The summed E-state index contributed by atoms with van der Waals surface area (Å²) in [5.41, 5.74) is 5.46. The summed E-state index contributed by atoms with van der Waals surface area (Å²) in [6.45, 7) is 5.51. The van der Waals surface area contributed by atoms with Crippen LogP contribution in [0.15, 0.2) is 12.1 Å². The van der Waals surface area contributed by atoms with Gasteiger partial charge in [-0.15, -0.1) is 0 Å². The Kier molecular flexibility index (Phi) is 4.85. The predicted octanol–water partition coefficient (Wildman–Crippen LogP) is 1.32. The molecule has 0 atom stereocenters. The van der Waals surface area contributed by atoms with Crippen molar-refractivity contribution in [2.45, 2.75) is 19.9 Å². The third-order valence-electron chi connectivity index (χ3n) is 2.73. The van der Waals surface area contributed by atoms with Crippen molar-refractivity contribution in [3.05, 3.63) is 22.2 Å². The summed E-state index contributed by atoms with van der Waals surface area (Å²) < 4.78 is 0. The number of anilines is 2. The van der Waals surface area contributed by atoms with E-state index in [9.17, 15) is 10.1 Å². The highest BCUT2D eigenvalue weighted by atomic mass is 16.6. The van der Waals surface area contributed by atoms with E-state index >= 15 is 0 Å². The fourth-order valence-corrected chi connectivity index (χ4v) is 1.35. The Bertz CT molecular complexity index is 422. The number of likely N-dealkylation sites (N-methyl/N-ethyl adjacent to an activating group) is 1. The van der Waals surface area contributed by atoms with Crippen molar-refractivity contribution in [1.82, 2.24) is 9.88 Å². The molecule has 0 amide bonds. The molecule has 0 saturated carbocycles. The average Bonchev–Trinajstić information content (AvgIpc) is 2.28. The molecule has 100 valence electrons. The maximum absolute atomic E-state index is 10.8. The molecule has 18 heavy (non-hydrogen) atoms. The van der Waals surface area contributed by atoms with Crippen LogP contribution in [-0.2, 0) is 0 Å². The minimum Gasteiger partial charge on any atom is -0.384 e. The molecule has 0 radical (unpaired) electrons. The number of hydrogen-bond acceptors (Lipinski definition) is 6. The Morgan fingerprint density at radius 2 is 2.22 bits per heavy atom. The van der Waals surface area contributed by atoms with Crippen LogP contribution in [0.2, 0.25) is 0 Å². The van der Waals surface area contributed by atoms with Gasteiger partial charge in [0.15, 0.2) is 0 Å². The topological polar surface area (TPSA) is 97.3 Å². The molecular formula is C11H19N5O2. The van der Waals surface area contributed by atoms with E-state index in [0.717, 1.165) is 6.54 Å². The van der Waals surface area contributed by atoms with Crippen molar-refractivity contribution in [3.8, 4) is 0 Å². The number of pyridine rings is 1. The largest absolute Gasteiger partial charge is 0.384 e. The van der Waals surface area contributed by atoms with E-state index in [-0.39, 0.29) is 17.3 Å². The van der Waals surface area contributed by atoms with E-state index in [1.54, 1.807) is 0 Å². The van der Waals surface area contributed by atoms with Crippen molar-refractivity contribution in [2.24, 2.45) is 0 Å². The summed E-state index contributed by atoms with van der Waals surface area (Å²) in [5, 5.41) is 13.8. The average molecular weight is 253 g/mol. The molecule has 0 fully saturated rings. The lowest BCUT2D eigenvalue weighted by molar-refractivity contribution is -0.384. The van der Waals surface area contributed by atoms with Crippen LogP contribution in [0.5, 0.6) is 0 Å². The molecule has 1 rings (SSSR count). The molecule has 0 bridgehead atoms. The highest BCUT2D eigenvalue weighted by Gasteiger charge is 2.15. The van der Waals surface area contributed by atoms with Gasteiger partial charge in [-0.3, -0.25) is 10.1 Å². The zero-order chi connectivity index (χ0) is 13.7. The molecule has 0 spiro atoms. The SMILES string of the molecule is CC(C)N(C)CCNc1nc(N)ccc1[N+](=O)[O-]. The number of nitrogens with one attached hydrogen (secondary N) is 1. The van der Waals surface area contributed by atoms with Gasteiger partial charge in [-0.25, -0.2) is 4.98 Å². The Hall–Kier alpha value is -1.89. The highest BCUT2D eigenvalue weighted by Crippen LogP contribution is 2.22. The first kappa shape index (κ1) is 14.2. The van der Waals surface area contributed by atoms with E-state index in [0.29, 0.717) is 12.6 Å². The first-order valence-electron chi connectivity index (χ1n) is 5.77. The fourth-order valence-electron chi connectivity index (χ4n) is 1.35. The van der Waals surface area contributed by atoms with E-state index < -0.39 is 4.92 Å². The molecule has 0 aliphatic heterocycles. The summed E-state index contributed by atoms with van der Waals surface area (Å²) in [5.74, 6) is 0.484. The van der Waals surface area contributed by atoms with Gasteiger partial charge in [0, 0.05) is 25.2 Å². The van der Waals surface area contributed by atoms with Crippen LogP contribution in [-0.4, -0.2) is 41.0 Å². The zero-order valence-corrected chi connectivity index (χ0v) is 10.9. The number of nitrogens with two attached hydrogens (primary N) is 1. The van der Waals surface area contributed by atoms with Gasteiger partial charge < -0.3 is 16.0 Å². The van der Waals surface area contributed by atoms with Crippen molar-refractivity contribution < 1.29 is 4.92 Å². The number of nitrogen functional groups attached to an aromatic ring is 1. The molecule has 0 unspecified atom stereocenters. The lowest BCUT2D eigenvalue weighted by Gasteiger charge is -2.20. The van der Waals surface area contributed by atoms with Crippen LogP contribution < -0.4 is 11.1 Å². The highest BCUT2D eigenvalue weighted by molar-refractivity contribution is 5.59. The van der Waals surface area contributed by atoms with Gasteiger partial charge in [0.1, 0.15) is 5.82 Å². The zero-order valence-electron chi connectivity index (χ0n) is 10.9. The molecule has 1 aromatic rings. The van der Waals surface area contributed by atoms with E-state index in [2.05, 4.69) is 29.0 Å². The maximum atomic E-state index is 10.8. The van der Waals surface area contributed by atoms with Crippen molar-refractivity contribution in [1.29, 1.82) is 0 Å². The van der Waals surface area contributed by atoms with Crippen LogP contribution in [0.25, 0.3) is 0 Å². The van der Waals surface area contributed by atoms with Crippen LogP contribution in [0.4, 0.5) is 17.3 Å². The standard InChI is InChI=1S/C11H19N5O2/c1-8(2)15(3)7-6-13-11-9(16(17)18)4-5-10(12)14-11/h4-5,8H,6-7H2,1-3H3,(H3,12,13,14). The second-order valence-electron chi connectivity index (χ2n) is 4.36. The predicted molar refractivity (Wildman–Crippen MR) is 71.6 cm³/mol. The van der Waals surface area contributed by atoms with Gasteiger partial charge in [0.2, 0.25) is 5.82 Å². The summed E-state index contributed by atoms with van der Waals surface area (Å²) >= 11 is 0. The maximum Gasteiger partial charge on any atom is 0.311 e. The Morgan fingerprint density at radius 1 is 1.56 bits per heavy atom. The van der Waals surface area contributed by atoms with E-state index in [1.165, 1.54) is 12.1 Å². The monoisotopic (exact) mass is 253 g/mol. The third-order valence-corrected chi connectivity index (χ3v) is 2.73. The number of hydrogen-bond donors (Lipinski definition) is 2. The van der Waals surface area contributed by atoms with Crippen LogP contribution in [0, 0.1) is 10.1 Å². The van der Waals surface area contributed by atoms with Gasteiger partial charge in [0.25, 0.3) is 0 Å². The molecule has 0 aromatic carbocycles. The molecule has 0 aliphatic carbocycles. The van der Waals surface area contributed by atoms with Gasteiger partial charge in [0.05, 0.1) is 4.92 Å². The Labute approximate surface area is 106 Å². The first-order valence-corrected chi connectivity index (χ1v) is 5.77.